The summed E-state index contributed by atoms with van der Waals surface area (Å²) < 4.78 is 0. The maximum Gasteiger partial charge on any atom is 0.0346 e. The smallest absolute Gasteiger partial charge is 0.0346 e. The number of likely N-dealkylation sites (tertiary alicyclic amines) is 1. The Hall–Kier alpha value is -0.0800. The van der Waals surface area contributed by atoms with E-state index in [2.05, 4.69) is 10.2 Å². The first-order valence-corrected chi connectivity index (χ1v) is 9.28. The summed E-state index contributed by atoms with van der Waals surface area (Å²) in [5.74, 6) is 5.55. The highest BCUT2D eigenvalue weighted by molar-refractivity contribution is 5.05. The molecule has 2 heteroatoms. The van der Waals surface area contributed by atoms with E-state index >= 15 is 0 Å². The van der Waals surface area contributed by atoms with Crippen LogP contribution in [0.2, 0.25) is 0 Å². The Bertz CT molecular complexity index is 351. The highest BCUT2D eigenvalue weighted by atomic mass is 15.3. The quantitative estimate of drug-likeness (QED) is 0.833. The number of nitrogens with zero attached hydrogens (tertiary/aromatic N) is 1. The van der Waals surface area contributed by atoms with Gasteiger partial charge in [0.2, 0.25) is 0 Å². The zero-order chi connectivity index (χ0) is 13.2. The molecule has 4 saturated carbocycles. The van der Waals surface area contributed by atoms with Crippen molar-refractivity contribution in [3.63, 3.8) is 0 Å². The molecule has 2 aliphatic heterocycles. The molecule has 1 unspecified atom stereocenters. The van der Waals surface area contributed by atoms with E-state index in [1.165, 1.54) is 45.4 Å². The molecule has 1 spiro atoms. The molecule has 0 aromatic rings. The van der Waals surface area contributed by atoms with Gasteiger partial charge in [0, 0.05) is 18.6 Å². The van der Waals surface area contributed by atoms with E-state index in [0.29, 0.717) is 5.54 Å². The summed E-state index contributed by atoms with van der Waals surface area (Å²) in [5, 5.41) is 3.65. The normalized spacial score (nSPS) is 54.3. The van der Waals surface area contributed by atoms with E-state index < -0.39 is 0 Å². The fourth-order valence-corrected chi connectivity index (χ4v) is 7.08. The lowest BCUT2D eigenvalue weighted by Crippen LogP contribution is -2.53. The van der Waals surface area contributed by atoms with Crippen molar-refractivity contribution >= 4 is 0 Å². The molecule has 6 aliphatic rings. The summed E-state index contributed by atoms with van der Waals surface area (Å²) in [6.45, 7) is 5.39. The van der Waals surface area contributed by atoms with Crippen LogP contribution in [0.1, 0.15) is 51.4 Å². The average molecular weight is 274 g/mol. The Morgan fingerprint density at radius 1 is 0.950 bits per heavy atom. The van der Waals surface area contributed by atoms with Crippen LogP contribution in [0.3, 0.4) is 0 Å². The van der Waals surface area contributed by atoms with Crippen molar-refractivity contribution in [3.8, 4) is 0 Å². The number of hydrogen-bond acceptors (Lipinski definition) is 2. The van der Waals surface area contributed by atoms with Gasteiger partial charge in [0.1, 0.15) is 0 Å². The van der Waals surface area contributed by atoms with Gasteiger partial charge in [-0.05, 0) is 94.0 Å². The topological polar surface area (TPSA) is 15.3 Å². The minimum absolute atomic E-state index is 0.578. The van der Waals surface area contributed by atoms with Gasteiger partial charge in [0.05, 0.1) is 0 Å². The van der Waals surface area contributed by atoms with E-state index in [1.807, 2.05) is 0 Å². The maximum atomic E-state index is 3.65. The van der Waals surface area contributed by atoms with E-state index in [1.54, 1.807) is 32.1 Å². The zero-order valence-corrected chi connectivity index (χ0v) is 12.8. The largest absolute Gasteiger partial charge is 0.315 e. The molecule has 6 rings (SSSR count). The zero-order valence-electron chi connectivity index (χ0n) is 12.8. The molecule has 0 aromatic heterocycles. The van der Waals surface area contributed by atoms with Crippen molar-refractivity contribution in [1.29, 1.82) is 0 Å². The summed E-state index contributed by atoms with van der Waals surface area (Å²) in [5.41, 5.74) is 0.578. The van der Waals surface area contributed by atoms with Gasteiger partial charge in [-0.3, -0.25) is 4.90 Å². The van der Waals surface area contributed by atoms with Gasteiger partial charge >= 0.3 is 0 Å². The summed E-state index contributed by atoms with van der Waals surface area (Å²) >= 11 is 0. The van der Waals surface area contributed by atoms with Gasteiger partial charge < -0.3 is 5.32 Å². The lowest BCUT2D eigenvalue weighted by molar-refractivity contribution is -0.0561. The Kier molecular flexibility index (Phi) is 2.78. The van der Waals surface area contributed by atoms with Gasteiger partial charge in [-0.2, -0.15) is 0 Å². The standard InChI is InChI=1S/C18H30N2/c1-2-18(3-4-19-12-18)20(5-1)11-17-15-7-13-6-14(9-15)10-16(17)8-13/h13-17,19H,1-12H2. The number of nitrogens with one attached hydrogen (secondary N) is 1. The van der Waals surface area contributed by atoms with Crippen LogP contribution in [-0.2, 0) is 0 Å². The minimum Gasteiger partial charge on any atom is -0.315 e. The summed E-state index contributed by atoms with van der Waals surface area (Å²) in [6, 6.07) is 0. The molecule has 6 fully saturated rings. The first-order valence-electron chi connectivity index (χ1n) is 9.28. The highest BCUT2D eigenvalue weighted by Gasteiger charge is 2.51. The fraction of sp³-hybridized carbons (Fsp3) is 1.00. The van der Waals surface area contributed by atoms with Crippen LogP contribution in [0.25, 0.3) is 0 Å². The van der Waals surface area contributed by atoms with Crippen molar-refractivity contribution in [2.24, 2.45) is 29.6 Å². The molecule has 0 radical (unpaired) electrons. The Morgan fingerprint density at radius 2 is 1.70 bits per heavy atom. The fourth-order valence-electron chi connectivity index (χ4n) is 7.08. The molecule has 2 heterocycles. The second-order valence-electron chi connectivity index (χ2n) is 8.80. The second-order valence-corrected chi connectivity index (χ2v) is 8.80. The molecule has 0 amide bonds. The monoisotopic (exact) mass is 274 g/mol. The van der Waals surface area contributed by atoms with Gasteiger partial charge in [-0.1, -0.05) is 0 Å². The third kappa shape index (κ3) is 1.76. The first kappa shape index (κ1) is 12.5. The molecular weight excluding hydrogens is 244 g/mol. The molecule has 20 heavy (non-hydrogen) atoms. The van der Waals surface area contributed by atoms with Crippen LogP contribution in [-0.4, -0.2) is 36.6 Å². The van der Waals surface area contributed by atoms with Crippen LogP contribution >= 0.6 is 0 Å². The molecule has 4 aliphatic carbocycles. The molecule has 1 N–H and O–H groups in total. The minimum atomic E-state index is 0.578. The van der Waals surface area contributed by atoms with E-state index in [0.717, 1.165) is 29.6 Å². The van der Waals surface area contributed by atoms with Gasteiger partial charge in [-0.15, -0.1) is 0 Å². The van der Waals surface area contributed by atoms with E-state index in [-0.39, 0.29) is 0 Å². The lowest BCUT2D eigenvalue weighted by Gasteiger charge is -2.56. The average Bonchev–Trinajstić information content (AvgIpc) is 3.05. The number of hydrogen-bond donors (Lipinski definition) is 1. The molecule has 1 atom stereocenters. The van der Waals surface area contributed by atoms with Gasteiger partial charge in [-0.25, -0.2) is 0 Å². The Morgan fingerprint density at radius 3 is 2.35 bits per heavy atom. The van der Waals surface area contributed by atoms with Crippen LogP contribution in [0, 0.1) is 29.6 Å². The van der Waals surface area contributed by atoms with Crippen molar-refractivity contribution < 1.29 is 0 Å². The third-order valence-corrected chi connectivity index (χ3v) is 7.82. The van der Waals surface area contributed by atoms with E-state index in [9.17, 15) is 0 Å². The van der Waals surface area contributed by atoms with Crippen molar-refractivity contribution in [1.82, 2.24) is 10.2 Å². The summed E-state index contributed by atoms with van der Waals surface area (Å²) in [6.07, 6.45) is 12.3. The Labute approximate surface area is 123 Å². The van der Waals surface area contributed by atoms with Crippen LogP contribution in [0.4, 0.5) is 0 Å². The van der Waals surface area contributed by atoms with E-state index in [4.69, 9.17) is 0 Å². The molecule has 2 saturated heterocycles. The number of rotatable bonds is 2. The predicted molar refractivity (Wildman–Crippen MR) is 81.6 cm³/mol. The van der Waals surface area contributed by atoms with Crippen molar-refractivity contribution in [2.45, 2.75) is 56.9 Å². The summed E-state index contributed by atoms with van der Waals surface area (Å²) in [7, 11) is 0. The SMILES string of the molecule is C1CN(CC2C3CC4CC(C3)CC2C4)C2(C1)CCNC2. The van der Waals surface area contributed by atoms with Crippen molar-refractivity contribution in [2.75, 3.05) is 26.2 Å². The van der Waals surface area contributed by atoms with Crippen LogP contribution in [0.5, 0.6) is 0 Å². The Balaban J connectivity index is 1.34. The third-order valence-electron chi connectivity index (χ3n) is 7.82. The second kappa shape index (κ2) is 4.46. The predicted octanol–water partition coefficient (Wildman–Crippen LogP) is 2.89. The van der Waals surface area contributed by atoms with Gasteiger partial charge in [0.15, 0.2) is 0 Å². The maximum absolute atomic E-state index is 3.65. The van der Waals surface area contributed by atoms with Gasteiger partial charge in [0.25, 0.3) is 0 Å². The molecule has 2 nitrogen and oxygen atoms in total. The molecule has 4 bridgehead atoms. The molecular formula is C18H30N2. The molecule has 0 aromatic carbocycles. The lowest BCUT2D eigenvalue weighted by atomic mass is 9.52. The summed E-state index contributed by atoms with van der Waals surface area (Å²) in [4.78, 5) is 2.94. The highest BCUT2D eigenvalue weighted by Crippen LogP contribution is 2.57. The van der Waals surface area contributed by atoms with Crippen molar-refractivity contribution in [3.05, 3.63) is 0 Å². The molecule has 112 valence electrons. The van der Waals surface area contributed by atoms with Crippen LogP contribution < -0.4 is 5.32 Å². The first-order chi connectivity index (χ1) is 9.82. The van der Waals surface area contributed by atoms with Crippen LogP contribution in [0.15, 0.2) is 0 Å².